The van der Waals surface area contributed by atoms with Crippen molar-refractivity contribution >= 4 is 23.5 Å². The number of thioether (sulfide) groups is 1. The van der Waals surface area contributed by atoms with E-state index in [1.807, 2.05) is 42.5 Å². The topological polar surface area (TPSA) is 104 Å². The second-order valence-corrected chi connectivity index (χ2v) is 10.4. The van der Waals surface area contributed by atoms with Crippen molar-refractivity contribution in [3.8, 4) is 28.6 Å². The van der Waals surface area contributed by atoms with E-state index >= 15 is 0 Å². The number of aromatic nitrogens is 4. The number of nitrogens with one attached hydrogen (secondary N) is 1. The molecule has 1 amide bonds. The van der Waals surface area contributed by atoms with E-state index in [9.17, 15) is 4.79 Å². The summed E-state index contributed by atoms with van der Waals surface area (Å²) in [7, 11) is 0. The zero-order chi connectivity index (χ0) is 24.6. The van der Waals surface area contributed by atoms with Gasteiger partial charge in [-0.1, -0.05) is 50.7 Å². The molecule has 9 nitrogen and oxygen atoms in total. The van der Waals surface area contributed by atoms with Gasteiger partial charge in [-0.3, -0.25) is 4.79 Å². The van der Waals surface area contributed by atoms with Crippen LogP contribution >= 0.6 is 11.8 Å². The van der Waals surface area contributed by atoms with Crippen LogP contribution in [0.1, 0.15) is 33.4 Å². The standard InChI is InChI=1S/C25H25N5O4S/c1-15(35-24-28-27-23(34-24)16-10-11-18-19(12-16)33-14-32-18)22(31)26-21-13-20(25(2,3)4)29-30(21)17-8-6-5-7-9-17/h5-13,15H,14H2,1-4H3,(H,26,31)/t15-/m1/s1. The number of hydrogen-bond acceptors (Lipinski definition) is 8. The van der Waals surface area contributed by atoms with Crippen molar-refractivity contribution in [1.82, 2.24) is 20.0 Å². The monoisotopic (exact) mass is 491 g/mol. The van der Waals surface area contributed by atoms with Crippen molar-refractivity contribution in [2.24, 2.45) is 0 Å². The van der Waals surface area contributed by atoms with Gasteiger partial charge in [-0.25, -0.2) is 4.68 Å². The average Bonchev–Trinajstić information content (AvgIpc) is 3.58. The minimum atomic E-state index is -0.489. The molecule has 0 fully saturated rings. The Morgan fingerprint density at radius 2 is 1.83 bits per heavy atom. The number of carbonyl (C=O) groups is 1. The van der Waals surface area contributed by atoms with Crippen LogP contribution in [0.3, 0.4) is 0 Å². The molecule has 0 saturated carbocycles. The molecule has 2 aromatic carbocycles. The molecule has 0 bridgehead atoms. The largest absolute Gasteiger partial charge is 0.454 e. The first-order valence-electron chi connectivity index (χ1n) is 11.1. The first-order chi connectivity index (χ1) is 16.8. The van der Waals surface area contributed by atoms with Gasteiger partial charge in [0.2, 0.25) is 18.6 Å². The quantitative estimate of drug-likeness (QED) is 0.373. The number of benzene rings is 2. The van der Waals surface area contributed by atoms with Crippen LogP contribution in [0.5, 0.6) is 11.5 Å². The fraction of sp³-hybridized carbons (Fsp3) is 0.280. The highest BCUT2D eigenvalue weighted by atomic mass is 32.2. The molecular formula is C25H25N5O4S. The Bertz CT molecular complexity index is 1360. The van der Waals surface area contributed by atoms with Crippen molar-refractivity contribution in [1.29, 1.82) is 0 Å². The molecule has 10 heteroatoms. The molecule has 0 aliphatic carbocycles. The summed E-state index contributed by atoms with van der Waals surface area (Å²) in [5.41, 5.74) is 2.28. The molecule has 35 heavy (non-hydrogen) atoms. The van der Waals surface area contributed by atoms with Crippen LogP contribution in [0.2, 0.25) is 0 Å². The third-order valence-electron chi connectivity index (χ3n) is 5.40. The maximum Gasteiger partial charge on any atom is 0.277 e. The number of nitrogens with zero attached hydrogens (tertiary/aromatic N) is 4. The SMILES string of the molecule is C[C@@H](Sc1nnc(-c2ccc3c(c2)OCO3)o1)C(=O)Nc1cc(C(C)(C)C)nn1-c1ccccc1. The summed E-state index contributed by atoms with van der Waals surface area (Å²) in [5.74, 6) is 2.06. The minimum absolute atomic E-state index is 0.172. The lowest BCUT2D eigenvalue weighted by Gasteiger charge is -2.14. The molecule has 0 radical (unpaired) electrons. The molecule has 2 aromatic heterocycles. The molecule has 0 spiro atoms. The molecule has 1 aliphatic rings. The van der Waals surface area contributed by atoms with Crippen LogP contribution in [0.15, 0.2) is 64.2 Å². The summed E-state index contributed by atoms with van der Waals surface area (Å²) < 4.78 is 18.3. The lowest BCUT2D eigenvalue weighted by molar-refractivity contribution is -0.115. The highest BCUT2D eigenvalue weighted by Gasteiger charge is 2.24. The van der Waals surface area contributed by atoms with Crippen LogP contribution in [-0.2, 0) is 10.2 Å². The maximum absolute atomic E-state index is 13.1. The van der Waals surface area contributed by atoms with Gasteiger partial charge in [0.25, 0.3) is 5.22 Å². The van der Waals surface area contributed by atoms with Gasteiger partial charge in [-0.15, -0.1) is 10.2 Å². The van der Waals surface area contributed by atoms with Crippen molar-refractivity contribution in [3.63, 3.8) is 0 Å². The van der Waals surface area contributed by atoms with Gasteiger partial charge < -0.3 is 19.2 Å². The van der Waals surface area contributed by atoms with Gasteiger partial charge in [0.05, 0.1) is 16.6 Å². The number of ether oxygens (including phenoxy) is 2. The molecule has 5 rings (SSSR count). The summed E-state index contributed by atoms with van der Waals surface area (Å²) in [4.78, 5) is 13.1. The van der Waals surface area contributed by atoms with Crippen LogP contribution in [0, 0.1) is 0 Å². The lowest BCUT2D eigenvalue weighted by atomic mass is 9.92. The van der Waals surface area contributed by atoms with Gasteiger partial charge in [-0.05, 0) is 37.3 Å². The molecule has 3 heterocycles. The van der Waals surface area contributed by atoms with E-state index < -0.39 is 5.25 Å². The molecule has 0 unspecified atom stereocenters. The lowest BCUT2D eigenvalue weighted by Crippen LogP contribution is -2.24. The van der Waals surface area contributed by atoms with E-state index in [-0.39, 0.29) is 18.1 Å². The number of para-hydroxylation sites is 1. The van der Waals surface area contributed by atoms with Gasteiger partial charge in [0.1, 0.15) is 5.82 Å². The zero-order valence-electron chi connectivity index (χ0n) is 19.8. The third kappa shape index (κ3) is 4.88. The van der Waals surface area contributed by atoms with Crippen molar-refractivity contribution in [3.05, 3.63) is 60.3 Å². The summed E-state index contributed by atoms with van der Waals surface area (Å²) in [6, 6.07) is 17.0. The molecule has 1 aliphatic heterocycles. The summed E-state index contributed by atoms with van der Waals surface area (Å²) in [5, 5.41) is 15.8. The summed E-state index contributed by atoms with van der Waals surface area (Å²) in [6.45, 7) is 8.24. The van der Waals surface area contributed by atoms with Crippen molar-refractivity contribution < 1.29 is 18.7 Å². The van der Waals surface area contributed by atoms with Gasteiger partial charge in [0, 0.05) is 17.0 Å². The number of carbonyl (C=O) groups excluding carboxylic acids is 1. The van der Waals surface area contributed by atoms with E-state index in [4.69, 9.17) is 19.0 Å². The molecule has 180 valence electrons. The number of hydrogen-bond donors (Lipinski definition) is 1. The van der Waals surface area contributed by atoms with E-state index in [1.54, 1.807) is 23.7 Å². The Balaban J connectivity index is 1.31. The molecular weight excluding hydrogens is 466 g/mol. The summed E-state index contributed by atoms with van der Waals surface area (Å²) in [6.07, 6.45) is 0. The number of rotatable bonds is 6. The molecule has 0 saturated heterocycles. The number of anilines is 1. The number of fused-ring (bicyclic) bond motifs is 1. The third-order valence-corrected chi connectivity index (χ3v) is 6.34. The van der Waals surface area contributed by atoms with Gasteiger partial charge >= 0.3 is 0 Å². The van der Waals surface area contributed by atoms with E-state index in [1.165, 1.54) is 11.8 Å². The van der Waals surface area contributed by atoms with Gasteiger partial charge in [-0.2, -0.15) is 5.10 Å². The highest BCUT2D eigenvalue weighted by molar-refractivity contribution is 8.00. The zero-order valence-corrected chi connectivity index (χ0v) is 20.6. The second-order valence-electron chi connectivity index (χ2n) is 9.10. The fourth-order valence-electron chi connectivity index (χ4n) is 3.44. The Morgan fingerprint density at radius 1 is 1.06 bits per heavy atom. The van der Waals surface area contributed by atoms with Crippen LogP contribution < -0.4 is 14.8 Å². The number of amides is 1. The van der Waals surface area contributed by atoms with Crippen LogP contribution in [0.4, 0.5) is 5.82 Å². The first kappa shape index (κ1) is 23.0. The molecule has 1 atom stereocenters. The van der Waals surface area contributed by atoms with E-state index in [0.29, 0.717) is 34.0 Å². The predicted molar refractivity (Wildman–Crippen MR) is 132 cm³/mol. The fourth-order valence-corrected chi connectivity index (χ4v) is 4.12. The highest BCUT2D eigenvalue weighted by Crippen LogP contribution is 2.36. The molecule has 1 N–H and O–H groups in total. The Hall–Kier alpha value is -3.79. The summed E-state index contributed by atoms with van der Waals surface area (Å²) >= 11 is 1.19. The van der Waals surface area contributed by atoms with E-state index in [2.05, 4.69) is 36.3 Å². The predicted octanol–water partition coefficient (Wildman–Crippen LogP) is 5.07. The van der Waals surface area contributed by atoms with Crippen LogP contribution in [-0.4, -0.2) is 37.9 Å². The Labute approximate surface area is 206 Å². The average molecular weight is 492 g/mol. The van der Waals surface area contributed by atoms with Gasteiger partial charge in [0.15, 0.2) is 11.5 Å². The maximum atomic E-state index is 13.1. The first-order valence-corrected chi connectivity index (χ1v) is 12.0. The second kappa shape index (κ2) is 9.10. The van der Waals surface area contributed by atoms with Crippen molar-refractivity contribution in [2.75, 3.05) is 12.1 Å². The Kier molecular flexibility index (Phi) is 5.98. The normalized spacial score (nSPS) is 13.6. The smallest absolute Gasteiger partial charge is 0.277 e. The molecule has 4 aromatic rings. The van der Waals surface area contributed by atoms with E-state index in [0.717, 1.165) is 11.4 Å². The minimum Gasteiger partial charge on any atom is -0.454 e. The van der Waals surface area contributed by atoms with Crippen molar-refractivity contribution in [2.45, 2.75) is 43.6 Å². The Morgan fingerprint density at radius 3 is 2.60 bits per heavy atom. The van der Waals surface area contributed by atoms with Crippen LogP contribution in [0.25, 0.3) is 17.1 Å².